The predicted octanol–water partition coefficient (Wildman–Crippen LogP) is 3.13. The summed E-state index contributed by atoms with van der Waals surface area (Å²) in [6, 6.07) is 0. The van der Waals surface area contributed by atoms with Crippen LogP contribution < -0.4 is 0 Å². The van der Waals surface area contributed by atoms with E-state index >= 15 is 0 Å². The summed E-state index contributed by atoms with van der Waals surface area (Å²) in [7, 11) is 0. The molecule has 3 nitrogen and oxygen atoms in total. The van der Waals surface area contributed by atoms with Crippen molar-refractivity contribution >= 4 is 5.97 Å². The van der Waals surface area contributed by atoms with Crippen molar-refractivity contribution in [3.05, 3.63) is 0 Å². The molecule has 0 saturated carbocycles. The Bertz CT molecular complexity index is 166. The number of hydrogen-bond acceptors (Lipinski definition) is 3. The number of rotatable bonds is 8. The van der Waals surface area contributed by atoms with Crippen LogP contribution in [-0.2, 0) is 14.3 Å². The third kappa shape index (κ3) is 8.43. The molecule has 0 aliphatic heterocycles. The maximum absolute atomic E-state index is 11.2. The van der Waals surface area contributed by atoms with E-state index < -0.39 is 0 Å². The van der Waals surface area contributed by atoms with Crippen molar-refractivity contribution in [3.8, 4) is 0 Å². The fourth-order valence-corrected chi connectivity index (χ4v) is 1.32. The monoisotopic (exact) mass is 216 g/mol. The molecule has 0 fully saturated rings. The van der Waals surface area contributed by atoms with Crippen LogP contribution in [0.4, 0.5) is 0 Å². The Morgan fingerprint density at radius 3 is 2.40 bits per heavy atom. The van der Waals surface area contributed by atoms with Gasteiger partial charge in [0.25, 0.3) is 0 Å². The fraction of sp³-hybridized carbons (Fsp3) is 0.917. The maximum atomic E-state index is 11.2. The summed E-state index contributed by atoms with van der Waals surface area (Å²) in [4.78, 5) is 11.2. The number of carbonyl (C=O) groups excluding carboxylic acids is 1. The lowest BCUT2D eigenvalue weighted by Crippen LogP contribution is -2.17. The molecule has 0 rings (SSSR count). The van der Waals surface area contributed by atoms with Gasteiger partial charge in [-0.05, 0) is 18.8 Å². The minimum absolute atomic E-state index is 0.101. The van der Waals surface area contributed by atoms with Crippen molar-refractivity contribution < 1.29 is 14.3 Å². The Balaban J connectivity index is 3.54. The van der Waals surface area contributed by atoms with Crippen LogP contribution in [0.25, 0.3) is 0 Å². The smallest absolute Gasteiger partial charge is 0.308 e. The summed E-state index contributed by atoms with van der Waals surface area (Å²) >= 11 is 0. The topological polar surface area (TPSA) is 35.5 Å². The van der Waals surface area contributed by atoms with Crippen molar-refractivity contribution in [2.75, 3.05) is 6.79 Å². The zero-order valence-corrected chi connectivity index (χ0v) is 10.4. The van der Waals surface area contributed by atoms with Gasteiger partial charge in [0.1, 0.15) is 0 Å². The lowest BCUT2D eigenvalue weighted by Gasteiger charge is -2.15. The van der Waals surface area contributed by atoms with Crippen LogP contribution in [0.1, 0.15) is 53.4 Å². The standard InChI is InChI=1S/C12H24O3/c1-5-7-11(6-2)14-9-15-12(13)8-10(3)4/h10-11H,5-9H2,1-4H3. The van der Waals surface area contributed by atoms with Gasteiger partial charge in [0, 0.05) is 6.42 Å². The van der Waals surface area contributed by atoms with Crippen LogP contribution in [-0.4, -0.2) is 18.9 Å². The molecule has 3 heteroatoms. The zero-order chi connectivity index (χ0) is 11.7. The first-order valence-electron chi connectivity index (χ1n) is 5.87. The Morgan fingerprint density at radius 1 is 1.27 bits per heavy atom. The van der Waals surface area contributed by atoms with E-state index in [9.17, 15) is 4.79 Å². The highest BCUT2D eigenvalue weighted by Gasteiger charge is 2.08. The van der Waals surface area contributed by atoms with Gasteiger partial charge < -0.3 is 9.47 Å². The molecule has 0 heterocycles. The summed E-state index contributed by atoms with van der Waals surface area (Å²) < 4.78 is 10.4. The maximum Gasteiger partial charge on any atom is 0.308 e. The molecule has 0 N–H and O–H groups in total. The highest BCUT2D eigenvalue weighted by Crippen LogP contribution is 2.07. The summed E-state index contributed by atoms with van der Waals surface area (Å²) in [6.45, 7) is 8.29. The van der Waals surface area contributed by atoms with E-state index in [0.717, 1.165) is 19.3 Å². The highest BCUT2D eigenvalue weighted by molar-refractivity contribution is 5.69. The summed E-state index contributed by atoms with van der Waals surface area (Å²) in [5.74, 6) is 0.173. The van der Waals surface area contributed by atoms with Crippen molar-refractivity contribution in [2.24, 2.45) is 5.92 Å². The molecule has 0 spiro atoms. The summed E-state index contributed by atoms with van der Waals surface area (Å²) in [5, 5.41) is 0. The second kappa shape index (κ2) is 8.72. The first-order chi connectivity index (χ1) is 7.10. The molecule has 0 aromatic carbocycles. The van der Waals surface area contributed by atoms with Gasteiger partial charge in [-0.3, -0.25) is 4.79 Å². The molecule has 0 saturated heterocycles. The second-order valence-corrected chi connectivity index (χ2v) is 4.22. The van der Waals surface area contributed by atoms with E-state index in [2.05, 4.69) is 13.8 Å². The lowest BCUT2D eigenvalue weighted by molar-refractivity contribution is -0.162. The molecule has 15 heavy (non-hydrogen) atoms. The molecule has 1 unspecified atom stereocenters. The largest absolute Gasteiger partial charge is 0.438 e. The van der Waals surface area contributed by atoms with Gasteiger partial charge in [0.2, 0.25) is 0 Å². The molecule has 0 bridgehead atoms. The van der Waals surface area contributed by atoms with Crippen molar-refractivity contribution in [2.45, 2.75) is 59.5 Å². The molecular weight excluding hydrogens is 192 g/mol. The fourth-order valence-electron chi connectivity index (χ4n) is 1.32. The van der Waals surface area contributed by atoms with E-state index in [-0.39, 0.29) is 18.9 Å². The van der Waals surface area contributed by atoms with Crippen LogP contribution >= 0.6 is 0 Å². The van der Waals surface area contributed by atoms with Gasteiger partial charge >= 0.3 is 5.97 Å². The molecule has 1 atom stereocenters. The molecule has 0 radical (unpaired) electrons. The SMILES string of the molecule is CCCC(CC)OCOC(=O)CC(C)C. The molecule has 90 valence electrons. The summed E-state index contributed by atoms with van der Waals surface area (Å²) in [5.41, 5.74) is 0. The Hall–Kier alpha value is -0.570. The quantitative estimate of drug-likeness (QED) is 0.462. The molecular formula is C12H24O3. The van der Waals surface area contributed by atoms with Gasteiger partial charge in [-0.2, -0.15) is 0 Å². The van der Waals surface area contributed by atoms with Crippen molar-refractivity contribution in [3.63, 3.8) is 0 Å². The second-order valence-electron chi connectivity index (χ2n) is 4.22. The first kappa shape index (κ1) is 14.4. The predicted molar refractivity (Wildman–Crippen MR) is 60.5 cm³/mol. The normalized spacial score (nSPS) is 12.9. The number of esters is 1. The van der Waals surface area contributed by atoms with Crippen molar-refractivity contribution in [1.82, 2.24) is 0 Å². The average Bonchev–Trinajstić information content (AvgIpc) is 2.15. The third-order valence-corrected chi connectivity index (χ3v) is 2.16. The van der Waals surface area contributed by atoms with Gasteiger partial charge in [-0.15, -0.1) is 0 Å². The van der Waals surface area contributed by atoms with Crippen LogP contribution in [0.5, 0.6) is 0 Å². The lowest BCUT2D eigenvalue weighted by atomic mass is 10.1. The molecule has 0 aromatic heterocycles. The zero-order valence-electron chi connectivity index (χ0n) is 10.4. The number of ether oxygens (including phenoxy) is 2. The minimum atomic E-state index is -0.170. The Labute approximate surface area is 93.1 Å². The molecule has 0 aliphatic rings. The Kier molecular flexibility index (Phi) is 8.38. The average molecular weight is 216 g/mol. The van der Waals surface area contributed by atoms with Crippen LogP contribution in [0, 0.1) is 5.92 Å². The minimum Gasteiger partial charge on any atom is -0.438 e. The van der Waals surface area contributed by atoms with Gasteiger partial charge in [0.15, 0.2) is 6.79 Å². The van der Waals surface area contributed by atoms with Crippen LogP contribution in [0.15, 0.2) is 0 Å². The van der Waals surface area contributed by atoms with Gasteiger partial charge in [0.05, 0.1) is 6.10 Å². The summed E-state index contributed by atoms with van der Waals surface area (Å²) in [6.07, 6.45) is 3.78. The molecule has 0 aliphatic carbocycles. The van der Waals surface area contributed by atoms with E-state index in [4.69, 9.17) is 9.47 Å². The van der Waals surface area contributed by atoms with E-state index in [1.54, 1.807) is 0 Å². The van der Waals surface area contributed by atoms with Crippen LogP contribution in [0.3, 0.4) is 0 Å². The van der Waals surface area contributed by atoms with Crippen LogP contribution in [0.2, 0.25) is 0 Å². The number of hydrogen-bond donors (Lipinski definition) is 0. The first-order valence-corrected chi connectivity index (χ1v) is 5.87. The van der Waals surface area contributed by atoms with E-state index in [0.29, 0.717) is 12.3 Å². The Morgan fingerprint density at radius 2 is 1.93 bits per heavy atom. The molecule has 0 aromatic rings. The van der Waals surface area contributed by atoms with E-state index in [1.165, 1.54) is 0 Å². The number of carbonyl (C=O) groups is 1. The highest BCUT2D eigenvalue weighted by atomic mass is 16.7. The van der Waals surface area contributed by atoms with E-state index in [1.807, 2.05) is 13.8 Å². The third-order valence-electron chi connectivity index (χ3n) is 2.16. The molecule has 0 amide bonds. The van der Waals surface area contributed by atoms with Gasteiger partial charge in [-0.25, -0.2) is 0 Å². The van der Waals surface area contributed by atoms with Crippen molar-refractivity contribution in [1.29, 1.82) is 0 Å². The van der Waals surface area contributed by atoms with Gasteiger partial charge in [-0.1, -0.05) is 34.1 Å².